The lowest BCUT2D eigenvalue weighted by molar-refractivity contribution is 0.0728. The van der Waals surface area contributed by atoms with Crippen molar-refractivity contribution in [3.8, 4) is 5.75 Å². The van der Waals surface area contributed by atoms with Crippen LogP contribution in [0.1, 0.15) is 35.7 Å². The maximum absolute atomic E-state index is 12.5. The summed E-state index contributed by atoms with van der Waals surface area (Å²) >= 11 is 0. The van der Waals surface area contributed by atoms with Gasteiger partial charge in [0, 0.05) is 31.0 Å². The van der Waals surface area contributed by atoms with Crippen LogP contribution in [0.4, 0.5) is 0 Å². The second-order valence-electron chi connectivity index (χ2n) is 5.20. The highest BCUT2D eigenvalue weighted by atomic mass is 16.4. The highest BCUT2D eigenvalue weighted by molar-refractivity contribution is 5.97. The number of nitrogens with zero attached hydrogens (tertiary/aromatic N) is 2. The Morgan fingerprint density at radius 3 is 2.85 bits per heavy atom. The number of oxime groups is 1. The Kier molecular flexibility index (Phi) is 4.27. The number of phenolic OH excluding ortho intramolecular Hbond substituents is 1. The molecule has 1 aromatic carbocycles. The van der Waals surface area contributed by atoms with Crippen molar-refractivity contribution >= 4 is 11.6 Å². The van der Waals surface area contributed by atoms with Gasteiger partial charge < -0.3 is 15.2 Å². The lowest BCUT2D eigenvalue weighted by Gasteiger charge is -2.33. The standard InChI is InChI=1S/C15H20N2O3/c1-3-11-9-17(7-6-14(11)16-20)15(19)13-5-4-12(18)8-10(13)2/h4-5,8,11,18,20H,3,6-7,9H2,1-2H3/b16-14+. The van der Waals surface area contributed by atoms with E-state index in [1.807, 2.05) is 13.8 Å². The van der Waals surface area contributed by atoms with Crippen molar-refractivity contribution in [2.24, 2.45) is 11.1 Å². The lowest BCUT2D eigenvalue weighted by atomic mass is 9.92. The van der Waals surface area contributed by atoms with E-state index in [9.17, 15) is 9.90 Å². The molecule has 0 saturated carbocycles. The second kappa shape index (κ2) is 5.94. The highest BCUT2D eigenvalue weighted by Crippen LogP contribution is 2.22. The van der Waals surface area contributed by atoms with Gasteiger partial charge in [0.05, 0.1) is 5.71 Å². The summed E-state index contributed by atoms with van der Waals surface area (Å²) in [5, 5.41) is 21.7. The third-order valence-corrected chi connectivity index (χ3v) is 3.90. The Bertz CT molecular complexity index is 540. The van der Waals surface area contributed by atoms with Gasteiger partial charge in [-0.3, -0.25) is 4.79 Å². The third kappa shape index (κ3) is 2.76. The molecule has 5 nitrogen and oxygen atoms in total. The Hall–Kier alpha value is -2.04. The van der Waals surface area contributed by atoms with Crippen molar-refractivity contribution in [1.82, 2.24) is 4.90 Å². The number of carbonyl (C=O) groups excluding carboxylic acids is 1. The van der Waals surface area contributed by atoms with Gasteiger partial charge in [0.2, 0.25) is 0 Å². The fourth-order valence-electron chi connectivity index (χ4n) is 2.66. The quantitative estimate of drug-likeness (QED) is 0.643. The molecule has 0 spiro atoms. The predicted molar refractivity (Wildman–Crippen MR) is 76.4 cm³/mol. The lowest BCUT2D eigenvalue weighted by Crippen LogP contribution is -2.44. The van der Waals surface area contributed by atoms with Crippen molar-refractivity contribution in [1.29, 1.82) is 0 Å². The van der Waals surface area contributed by atoms with E-state index >= 15 is 0 Å². The van der Waals surface area contributed by atoms with Gasteiger partial charge in [-0.05, 0) is 37.1 Å². The molecule has 1 atom stereocenters. The maximum atomic E-state index is 12.5. The summed E-state index contributed by atoms with van der Waals surface area (Å²) in [7, 11) is 0. The molecule has 0 aromatic heterocycles. The zero-order valence-electron chi connectivity index (χ0n) is 11.8. The van der Waals surface area contributed by atoms with Gasteiger partial charge in [-0.2, -0.15) is 0 Å². The molecule has 0 radical (unpaired) electrons. The van der Waals surface area contributed by atoms with Gasteiger partial charge in [-0.15, -0.1) is 0 Å². The van der Waals surface area contributed by atoms with Crippen LogP contribution in [0.5, 0.6) is 5.75 Å². The molecule has 0 bridgehead atoms. The predicted octanol–water partition coefficient (Wildman–Crippen LogP) is 2.40. The second-order valence-corrected chi connectivity index (χ2v) is 5.20. The first-order valence-corrected chi connectivity index (χ1v) is 6.86. The van der Waals surface area contributed by atoms with Gasteiger partial charge in [-0.25, -0.2) is 0 Å². The third-order valence-electron chi connectivity index (χ3n) is 3.90. The molecule has 1 amide bonds. The number of phenols is 1. The number of carbonyl (C=O) groups is 1. The molecule has 1 unspecified atom stereocenters. The first-order valence-electron chi connectivity index (χ1n) is 6.86. The highest BCUT2D eigenvalue weighted by Gasteiger charge is 2.28. The maximum Gasteiger partial charge on any atom is 0.254 e. The number of amides is 1. The molecule has 5 heteroatoms. The topological polar surface area (TPSA) is 73.1 Å². The van der Waals surface area contributed by atoms with Crippen molar-refractivity contribution < 1.29 is 15.1 Å². The summed E-state index contributed by atoms with van der Waals surface area (Å²) < 4.78 is 0. The van der Waals surface area contributed by atoms with Gasteiger partial charge in [0.15, 0.2) is 0 Å². The van der Waals surface area contributed by atoms with Gasteiger partial charge in [0.1, 0.15) is 5.75 Å². The van der Waals surface area contributed by atoms with Crippen molar-refractivity contribution in [3.63, 3.8) is 0 Å². The van der Waals surface area contributed by atoms with E-state index in [-0.39, 0.29) is 17.6 Å². The minimum absolute atomic E-state index is 0.0297. The van der Waals surface area contributed by atoms with E-state index in [2.05, 4.69) is 5.16 Å². The molecule has 1 saturated heterocycles. The smallest absolute Gasteiger partial charge is 0.254 e. The van der Waals surface area contributed by atoms with Crippen LogP contribution in [0, 0.1) is 12.8 Å². The van der Waals surface area contributed by atoms with Gasteiger partial charge >= 0.3 is 0 Å². The van der Waals surface area contributed by atoms with Crippen molar-refractivity contribution in [2.45, 2.75) is 26.7 Å². The number of aromatic hydroxyl groups is 1. The normalized spacial score (nSPS) is 21.2. The van der Waals surface area contributed by atoms with Crippen LogP contribution >= 0.6 is 0 Å². The number of benzene rings is 1. The van der Waals surface area contributed by atoms with E-state index in [0.717, 1.165) is 17.7 Å². The van der Waals surface area contributed by atoms with E-state index in [1.54, 1.807) is 17.0 Å². The zero-order valence-corrected chi connectivity index (χ0v) is 11.8. The molecule has 1 heterocycles. The molecular formula is C15H20N2O3. The summed E-state index contributed by atoms with van der Waals surface area (Å²) in [5.74, 6) is 0.256. The molecule has 1 aliphatic heterocycles. The summed E-state index contributed by atoms with van der Waals surface area (Å²) in [6, 6.07) is 4.78. The van der Waals surface area contributed by atoms with Crippen molar-refractivity contribution in [3.05, 3.63) is 29.3 Å². The summed E-state index contributed by atoms with van der Waals surface area (Å²) in [5.41, 5.74) is 2.16. The molecule has 20 heavy (non-hydrogen) atoms. The molecule has 1 aliphatic rings. The minimum atomic E-state index is -0.0297. The Morgan fingerprint density at radius 2 is 2.25 bits per heavy atom. The van der Waals surface area contributed by atoms with Crippen LogP contribution in [-0.2, 0) is 0 Å². The Labute approximate surface area is 118 Å². The summed E-state index contributed by atoms with van der Waals surface area (Å²) in [6.07, 6.45) is 1.45. The van der Waals surface area contributed by atoms with Crippen LogP contribution in [0.3, 0.4) is 0 Å². The summed E-state index contributed by atoms with van der Waals surface area (Å²) in [4.78, 5) is 14.3. The first kappa shape index (κ1) is 14.4. The number of hydrogen-bond acceptors (Lipinski definition) is 4. The largest absolute Gasteiger partial charge is 0.508 e. The average molecular weight is 276 g/mol. The molecule has 1 fully saturated rings. The Balaban J connectivity index is 2.18. The fourth-order valence-corrected chi connectivity index (χ4v) is 2.66. The molecule has 0 aliphatic carbocycles. The monoisotopic (exact) mass is 276 g/mol. The number of hydrogen-bond donors (Lipinski definition) is 2. The van der Waals surface area contributed by atoms with Crippen LogP contribution in [0.25, 0.3) is 0 Å². The molecule has 2 N–H and O–H groups in total. The number of rotatable bonds is 2. The van der Waals surface area contributed by atoms with Crippen LogP contribution < -0.4 is 0 Å². The molecular weight excluding hydrogens is 256 g/mol. The van der Waals surface area contributed by atoms with Gasteiger partial charge in [-0.1, -0.05) is 12.1 Å². The SMILES string of the molecule is CCC1CN(C(=O)c2ccc(O)cc2C)CC/C1=N\O. The van der Waals surface area contributed by atoms with E-state index < -0.39 is 0 Å². The Morgan fingerprint density at radius 1 is 1.50 bits per heavy atom. The van der Waals surface area contributed by atoms with Crippen LogP contribution in [0.2, 0.25) is 0 Å². The zero-order chi connectivity index (χ0) is 14.7. The van der Waals surface area contributed by atoms with Gasteiger partial charge in [0.25, 0.3) is 5.91 Å². The molecule has 108 valence electrons. The molecule has 2 rings (SSSR count). The van der Waals surface area contributed by atoms with Crippen LogP contribution in [0.15, 0.2) is 23.4 Å². The van der Waals surface area contributed by atoms with E-state index in [1.165, 1.54) is 6.07 Å². The number of piperidine rings is 1. The van der Waals surface area contributed by atoms with E-state index in [0.29, 0.717) is 25.1 Å². The van der Waals surface area contributed by atoms with Crippen LogP contribution in [-0.4, -0.2) is 39.9 Å². The fraction of sp³-hybridized carbons (Fsp3) is 0.467. The minimum Gasteiger partial charge on any atom is -0.508 e. The molecule has 1 aromatic rings. The first-order chi connectivity index (χ1) is 9.56. The van der Waals surface area contributed by atoms with E-state index in [4.69, 9.17) is 5.21 Å². The summed E-state index contributed by atoms with van der Waals surface area (Å²) in [6.45, 7) is 4.98. The number of likely N-dealkylation sites (tertiary alicyclic amines) is 1. The number of aryl methyl sites for hydroxylation is 1. The van der Waals surface area contributed by atoms with Crippen molar-refractivity contribution in [2.75, 3.05) is 13.1 Å². The average Bonchev–Trinajstić information content (AvgIpc) is 2.45.